The topological polar surface area (TPSA) is 97.0 Å². The van der Waals surface area contributed by atoms with Crippen molar-refractivity contribution < 1.29 is 14.3 Å². The number of ether oxygens (including phenoxy) is 1. The average molecular weight is 348 g/mol. The maximum Gasteiger partial charge on any atom is 0.356 e. The van der Waals surface area contributed by atoms with Crippen LogP contribution in [0.2, 0.25) is 0 Å². The van der Waals surface area contributed by atoms with Crippen LogP contribution in [-0.2, 0) is 9.53 Å². The standard InChI is InChI=1S/C19H16N4O3/c1-26-19(25)14-9-5-8-13(20-14)12-10-15(24)21-18-16(12)17(22-23-18)11-6-3-2-4-7-11/h2-9,12H,10H2,1H3,(H2,21,22,23,24). The van der Waals surface area contributed by atoms with Crippen molar-refractivity contribution in [1.82, 2.24) is 15.2 Å². The second kappa shape index (κ2) is 6.44. The molecule has 7 nitrogen and oxygen atoms in total. The Kier molecular flexibility index (Phi) is 3.96. The number of benzene rings is 1. The zero-order valence-electron chi connectivity index (χ0n) is 14.0. The van der Waals surface area contributed by atoms with Crippen LogP contribution in [0.25, 0.3) is 11.3 Å². The first kappa shape index (κ1) is 16.0. The van der Waals surface area contributed by atoms with E-state index in [1.807, 2.05) is 30.3 Å². The van der Waals surface area contributed by atoms with Gasteiger partial charge < -0.3 is 10.1 Å². The molecule has 2 aromatic heterocycles. The Morgan fingerprint density at radius 2 is 1.96 bits per heavy atom. The van der Waals surface area contributed by atoms with E-state index in [0.717, 1.165) is 16.8 Å². The molecule has 26 heavy (non-hydrogen) atoms. The highest BCUT2D eigenvalue weighted by Crippen LogP contribution is 2.41. The van der Waals surface area contributed by atoms with Gasteiger partial charge in [-0.3, -0.25) is 9.89 Å². The summed E-state index contributed by atoms with van der Waals surface area (Å²) in [5.41, 5.74) is 3.50. The molecule has 0 saturated heterocycles. The molecule has 1 amide bonds. The Labute approximate surface area is 149 Å². The monoisotopic (exact) mass is 348 g/mol. The summed E-state index contributed by atoms with van der Waals surface area (Å²) in [6, 6.07) is 14.9. The molecule has 0 bridgehead atoms. The number of nitrogens with zero attached hydrogens (tertiary/aromatic N) is 2. The van der Waals surface area contributed by atoms with Crippen LogP contribution in [0.3, 0.4) is 0 Å². The van der Waals surface area contributed by atoms with E-state index < -0.39 is 5.97 Å². The maximum atomic E-state index is 12.1. The Morgan fingerprint density at radius 1 is 1.15 bits per heavy atom. The fourth-order valence-electron chi connectivity index (χ4n) is 3.20. The van der Waals surface area contributed by atoms with Crippen LogP contribution in [-0.4, -0.2) is 34.2 Å². The van der Waals surface area contributed by atoms with Crippen molar-refractivity contribution in [2.75, 3.05) is 12.4 Å². The molecule has 3 aromatic rings. The number of pyridine rings is 1. The van der Waals surface area contributed by atoms with Crippen molar-refractivity contribution in [2.45, 2.75) is 12.3 Å². The second-order valence-electron chi connectivity index (χ2n) is 5.97. The van der Waals surface area contributed by atoms with Crippen molar-refractivity contribution in [1.29, 1.82) is 0 Å². The highest BCUT2D eigenvalue weighted by Gasteiger charge is 2.33. The predicted octanol–water partition coefficient (Wildman–Crippen LogP) is 2.73. The van der Waals surface area contributed by atoms with E-state index in [4.69, 9.17) is 4.74 Å². The first-order valence-corrected chi connectivity index (χ1v) is 8.16. The molecule has 7 heteroatoms. The number of esters is 1. The molecule has 0 radical (unpaired) electrons. The molecule has 0 saturated carbocycles. The molecule has 3 heterocycles. The number of hydrogen-bond donors (Lipinski definition) is 2. The lowest BCUT2D eigenvalue weighted by Crippen LogP contribution is -2.24. The van der Waals surface area contributed by atoms with Gasteiger partial charge in [0.15, 0.2) is 5.82 Å². The van der Waals surface area contributed by atoms with Crippen LogP contribution in [0.1, 0.15) is 34.1 Å². The number of methoxy groups -OCH3 is 1. The zero-order chi connectivity index (χ0) is 18.1. The minimum Gasteiger partial charge on any atom is -0.464 e. The van der Waals surface area contributed by atoms with Gasteiger partial charge in [-0.25, -0.2) is 9.78 Å². The van der Waals surface area contributed by atoms with Crippen LogP contribution in [0, 0.1) is 0 Å². The van der Waals surface area contributed by atoms with Crippen LogP contribution < -0.4 is 5.32 Å². The number of fused-ring (bicyclic) bond motifs is 1. The number of hydrogen-bond acceptors (Lipinski definition) is 5. The van der Waals surface area contributed by atoms with Gasteiger partial charge in [-0.2, -0.15) is 5.10 Å². The van der Waals surface area contributed by atoms with Crippen LogP contribution in [0.15, 0.2) is 48.5 Å². The molecule has 1 unspecified atom stereocenters. The minimum absolute atomic E-state index is 0.140. The summed E-state index contributed by atoms with van der Waals surface area (Å²) in [5, 5.41) is 10.1. The lowest BCUT2D eigenvalue weighted by molar-refractivity contribution is -0.116. The van der Waals surface area contributed by atoms with E-state index in [2.05, 4.69) is 20.5 Å². The zero-order valence-corrected chi connectivity index (χ0v) is 14.0. The number of amides is 1. The van der Waals surface area contributed by atoms with Crippen LogP contribution in [0.4, 0.5) is 5.82 Å². The van der Waals surface area contributed by atoms with Crippen molar-refractivity contribution in [2.24, 2.45) is 0 Å². The molecular formula is C19H16N4O3. The highest BCUT2D eigenvalue weighted by molar-refractivity contribution is 5.96. The summed E-state index contributed by atoms with van der Waals surface area (Å²) in [7, 11) is 1.31. The number of rotatable bonds is 3. The molecule has 0 spiro atoms. The van der Waals surface area contributed by atoms with Crippen molar-refractivity contribution >= 4 is 17.7 Å². The molecule has 130 valence electrons. The number of carbonyl (C=O) groups excluding carboxylic acids is 2. The van der Waals surface area contributed by atoms with E-state index in [-0.39, 0.29) is 23.9 Å². The molecule has 1 atom stereocenters. The molecule has 0 aliphatic carbocycles. The van der Waals surface area contributed by atoms with Crippen LogP contribution >= 0.6 is 0 Å². The molecule has 1 aromatic carbocycles. The summed E-state index contributed by atoms with van der Waals surface area (Å²) in [6.07, 6.45) is 0.226. The molecule has 2 N–H and O–H groups in total. The number of nitrogens with one attached hydrogen (secondary N) is 2. The SMILES string of the molecule is COC(=O)c1cccc(C2CC(=O)Nc3n[nH]c(-c4ccccc4)c32)n1. The van der Waals surface area contributed by atoms with E-state index >= 15 is 0 Å². The quantitative estimate of drug-likeness (QED) is 0.709. The van der Waals surface area contributed by atoms with Crippen molar-refractivity contribution in [3.05, 3.63) is 65.5 Å². The number of carbonyl (C=O) groups is 2. The Balaban J connectivity index is 1.84. The molecular weight excluding hydrogens is 332 g/mol. The van der Waals surface area contributed by atoms with Crippen LogP contribution in [0.5, 0.6) is 0 Å². The smallest absolute Gasteiger partial charge is 0.356 e. The summed E-state index contributed by atoms with van der Waals surface area (Å²) < 4.78 is 4.75. The van der Waals surface area contributed by atoms with Gasteiger partial charge in [0.1, 0.15) is 5.69 Å². The third-order valence-electron chi connectivity index (χ3n) is 4.38. The van der Waals surface area contributed by atoms with Gasteiger partial charge in [-0.1, -0.05) is 36.4 Å². The van der Waals surface area contributed by atoms with Gasteiger partial charge in [0, 0.05) is 23.6 Å². The normalized spacial score (nSPS) is 15.9. The Hall–Kier alpha value is -3.48. The number of H-pyrrole nitrogens is 1. The van der Waals surface area contributed by atoms with Crippen molar-refractivity contribution in [3.63, 3.8) is 0 Å². The lowest BCUT2D eigenvalue weighted by atomic mass is 9.87. The fraction of sp³-hybridized carbons (Fsp3) is 0.158. The molecule has 1 aliphatic rings. The fourth-order valence-corrected chi connectivity index (χ4v) is 3.20. The maximum absolute atomic E-state index is 12.1. The lowest BCUT2D eigenvalue weighted by Gasteiger charge is -2.23. The number of anilines is 1. The third-order valence-corrected chi connectivity index (χ3v) is 4.38. The minimum atomic E-state index is -0.511. The predicted molar refractivity (Wildman–Crippen MR) is 94.7 cm³/mol. The number of aromatic amines is 1. The molecule has 4 rings (SSSR count). The summed E-state index contributed by atoms with van der Waals surface area (Å²) >= 11 is 0. The van der Waals surface area contributed by atoms with Gasteiger partial charge in [0.2, 0.25) is 5.91 Å². The van der Waals surface area contributed by atoms with Crippen molar-refractivity contribution in [3.8, 4) is 11.3 Å². The van der Waals surface area contributed by atoms with Gasteiger partial charge in [-0.15, -0.1) is 0 Å². The van der Waals surface area contributed by atoms with Gasteiger partial charge >= 0.3 is 5.97 Å². The average Bonchev–Trinajstić information content (AvgIpc) is 3.11. The largest absolute Gasteiger partial charge is 0.464 e. The van der Waals surface area contributed by atoms with Gasteiger partial charge in [-0.05, 0) is 17.7 Å². The second-order valence-corrected chi connectivity index (χ2v) is 5.97. The first-order valence-electron chi connectivity index (χ1n) is 8.16. The van der Waals surface area contributed by atoms with E-state index in [1.165, 1.54) is 7.11 Å². The summed E-state index contributed by atoms with van der Waals surface area (Å²) in [6.45, 7) is 0. The summed E-state index contributed by atoms with van der Waals surface area (Å²) in [5.74, 6) is -0.464. The van der Waals surface area contributed by atoms with Gasteiger partial charge in [0.25, 0.3) is 0 Å². The third kappa shape index (κ3) is 2.73. The number of aromatic nitrogens is 3. The highest BCUT2D eigenvalue weighted by atomic mass is 16.5. The Morgan fingerprint density at radius 3 is 2.73 bits per heavy atom. The van der Waals surface area contributed by atoms with E-state index in [9.17, 15) is 9.59 Å². The Bertz CT molecular complexity index is 981. The first-order chi connectivity index (χ1) is 12.7. The molecule has 1 aliphatic heterocycles. The molecule has 0 fully saturated rings. The van der Waals surface area contributed by atoms with E-state index in [1.54, 1.807) is 18.2 Å². The van der Waals surface area contributed by atoms with E-state index in [0.29, 0.717) is 11.5 Å². The summed E-state index contributed by atoms with van der Waals surface area (Å²) in [4.78, 5) is 28.4. The van der Waals surface area contributed by atoms with Gasteiger partial charge in [0.05, 0.1) is 12.8 Å².